The SMILES string of the molecule is CCN1CCc2c(cccc2Nc2ncccc2[N+](=O)[O-])C1. The van der Waals surface area contributed by atoms with Crippen molar-refractivity contribution < 1.29 is 4.92 Å². The lowest BCUT2D eigenvalue weighted by Gasteiger charge is -2.29. The minimum Gasteiger partial charge on any atom is -0.334 e. The van der Waals surface area contributed by atoms with E-state index in [0.717, 1.165) is 31.7 Å². The van der Waals surface area contributed by atoms with E-state index in [4.69, 9.17) is 0 Å². The fourth-order valence-electron chi connectivity index (χ4n) is 2.82. The van der Waals surface area contributed by atoms with Crippen molar-refractivity contribution in [3.63, 3.8) is 0 Å². The van der Waals surface area contributed by atoms with Crippen LogP contribution in [0.25, 0.3) is 0 Å². The first-order valence-corrected chi connectivity index (χ1v) is 7.38. The molecule has 0 bridgehead atoms. The van der Waals surface area contributed by atoms with Crippen LogP contribution in [0.3, 0.4) is 0 Å². The zero-order valence-corrected chi connectivity index (χ0v) is 12.5. The molecule has 3 rings (SSSR count). The second-order valence-corrected chi connectivity index (χ2v) is 5.32. The molecule has 1 aromatic heterocycles. The van der Waals surface area contributed by atoms with E-state index in [1.165, 1.54) is 17.2 Å². The number of pyridine rings is 1. The zero-order valence-electron chi connectivity index (χ0n) is 12.5. The van der Waals surface area contributed by atoms with E-state index >= 15 is 0 Å². The van der Waals surface area contributed by atoms with Crippen molar-refractivity contribution in [1.82, 2.24) is 9.88 Å². The molecule has 2 aromatic rings. The van der Waals surface area contributed by atoms with Crippen molar-refractivity contribution in [2.75, 3.05) is 18.4 Å². The van der Waals surface area contributed by atoms with Gasteiger partial charge in [-0.15, -0.1) is 0 Å². The van der Waals surface area contributed by atoms with Gasteiger partial charge in [0.05, 0.1) is 4.92 Å². The molecule has 0 radical (unpaired) electrons. The minimum atomic E-state index is -0.413. The van der Waals surface area contributed by atoms with E-state index < -0.39 is 4.92 Å². The highest BCUT2D eigenvalue weighted by molar-refractivity contribution is 5.68. The number of nitrogens with one attached hydrogen (secondary N) is 1. The van der Waals surface area contributed by atoms with Gasteiger partial charge < -0.3 is 5.32 Å². The molecule has 6 nitrogen and oxygen atoms in total. The molecule has 1 N–H and O–H groups in total. The highest BCUT2D eigenvalue weighted by Gasteiger charge is 2.20. The Bertz CT molecular complexity index is 702. The maximum Gasteiger partial charge on any atom is 0.311 e. The van der Waals surface area contributed by atoms with Crippen molar-refractivity contribution >= 4 is 17.2 Å². The first-order valence-electron chi connectivity index (χ1n) is 7.38. The lowest BCUT2D eigenvalue weighted by molar-refractivity contribution is -0.384. The Hall–Kier alpha value is -2.47. The average Bonchev–Trinajstić information content (AvgIpc) is 2.55. The monoisotopic (exact) mass is 298 g/mol. The van der Waals surface area contributed by atoms with E-state index in [1.807, 2.05) is 12.1 Å². The van der Waals surface area contributed by atoms with Crippen LogP contribution >= 0.6 is 0 Å². The Balaban J connectivity index is 1.93. The van der Waals surface area contributed by atoms with Gasteiger partial charge in [0, 0.05) is 31.0 Å². The summed E-state index contributed by atoms with van der Waals surface area (Å²) in [6.07, 6.45) is 2.50. The number of nitrogens with zero attached hydrogens (tertiary/aromatic N) is 3. The number of benzene rings is 1. The molecule has 22 heavy (non-hydrogen) atoms. The van der Waals surface area contributed by atoms with Gasteiger partial charge in [0.1, 0.15) is 0 Å². The summed E-state index contributed by atoms with van der Waals surface area (Å²) in [6, 6.07) is 9.09. The molecule has 0 amide bonds. The average molecular weight is 298 g/mol. The normalized spacial score (nSPS) is 14.4. The third-order valence-electron chi connectivity index (χ3n) is 4.03. The van der Waals surface area contributed by atoms with E-state index in [2.05, 4.69) is 28.2 Å². The van der Waals surface area contributed by atoms with E-state index in [0.29, 0.717) is 5.82 Å². The topological polar surface area (TPSA) is 71.3 Å². The van der Waals surface area contributed by atoms with Crippen LogP contribution in [-0.4, -0.2) is 27.9 Å². The summed E-state index contributed by atoms with van der Waals surface area (Å²) >= 11 is 0. The highest BCUT2D eigenvalue weighted by Crippen LogP contribution is 2.30. The standard InChI is InChI=1S/C16H18N4O2/c1-2-19-10-8-13-12(11-19)5-3-6-14(13)18-16-15(20(21)22)7-4-9-17-16/h3-7,9H,2,8,10-11H2,1H3,(H,17,18). The largest absolute Gasteiger partial charge is 0.334 e. The van der Waals surface area contributed by atoms with Crippen molar-refractivity contribution in [1.29, 1.82) is 0 Å². The summed E-state index contributed by atoms with van der Waals surface area (Å²) in [6.45, 7) is 5.12. The van der Waals surface area contributed by atoms with Crippen LogP contribution in [0.15, 0.2) is 36.5 Å². The molecule has 1 aliphatic heterocycles. The number of anilines is 2. The maximum atomic E-state index is 11.1. The van der Waals surface area contributed by atoms with Crippen LogP contribution in [0.2, 0.25) is 0 Å². The number of likely N-dealkylation sites (N-methyl/N-ethyl adjacent to an activating group) is 1. The zero-order chi connectivity index (χ0) is 15.5. The molecular formula is C16H18N4O2. The summed E-state index contributed by atoms with van der Waals surface area (Å²) in [5, 5.41) is 14.2. The van der Waals surface area contributed by atoms with Crippen LogP contribution in [0, 0.1) is 10.1 Å². The molecule has 0 saturated carbocycles. The molecular weight excluding hydrogens is 280 g/mol. The van der Waals surface area contributed by atoms with Crippen LogP contribution in [0.4, 0.5) is 17.2 Å². The number of aromatic nitrogens is 1. The molecule has 6 heteroatoms. The van der Waals surface area contributed by atoms with Gasteiger partial charge in [-0.1, -0.05) is 19.1 Å². The van der Waals surface area contributed by atoms with Gasteiger partial charge >= 0.3 is 5.69 Å². The second-order valence-electron chi connectivity index (χ2n) is 5.32. The first-order chi connectivity index (χ1) is 10.7. The fraction of sp³-hybridized carbons (Fsp3) is 0.312. The number of hydrogen-bond acceptors (Lipinski definition) is 5. The van der Waals surface area contributed by atoms with Gasteiger partial charge in [-0.25, -0.2) is 4.98 Å². The van der Waals surface area contributed by atoms with Crippen molar-refractivity contribution in [2.24, 2.45) is 0 Å². The first kappa shape index (κ1) is 14.5. The van der Waals surface area contributed by atoms with Gasteiger partial charge in [-0.05, 0) is 36.2 Å². The van der Waals surface area contributed by atoms with Crippen LogP contribution < -0.4 is 5.32 Å². The quantitative estimate of drug-likeness (QED) is 0.693. The van der Waals surface area contributed by atoms with E-state index in [-0.39, 0.29) is 5.69 Å². The number of fused-ring (bicyclic) bond motifs is 1. The van der Waals surface area contributed by atoms with Crippen LogP contribution in [-0.2, 0) is 13.0 Å². The van der Waals surface area contributed by atoms with Gasteiger partial charge in [0.25, 0.3) is 0 Å². The Morgan fingerprint density at radius 3 is 3.00 bits per heavy atom. The molecule has 0 spiro atoms. The Morgan fingerprint density at radius 1 is 1.36 bits per heavy atom. The Labute approximate surface area is 128 Å². The summed E-state index contributed by atoms with van der Waals surface area (Å²) in [5.74, 6) is 0.291. The molecule has 1 aliphatic rings. The van der Waals surface area contributed by atoms with Crippen molar-refractivity contribution in [3.8, 4) is 0 Å². The minimum absolute atomic E-state index is 0.00824. The molecule has 0 saturated heterocycles. The van der Waals surface area contributed by atoms with E-state index in [9.17, 15) is 10.1 Å². The van der Waals surface area contributed by atoms with Crippen LogP contribution in [0.5, 0.6) is 0 Å². The van der Waals surface area contributed by atoms with Crippen LogP contribution in [0.1, 0.15) is 18.1 Å². The third-order valence-corrected chi connectivity index (χ3v) is 4.03. The Morgan fingerprint density at radius 2 is 2.23 bits per heavy atom. The van der Waals surface area contributed by atoms with Gasteiger partial charge in [0.2, 0.25) is 5.82 Å². The maximum absolute atomic E-state index is 11.1. The lowest BCUT2D eigenvalue weighted by Crippen LogP contribution is -2.30. The summed E-state index contributed by atoms with van der Waals surface area (Å²) < 4.78 is 0. The molecule has 0 atom stereocenters. The van der Waals surface area contributed by atoms with Gasteiger partial charge in [0.15, 0.2) is 0 Å². The van der Waals surface area contributed by atoms with Gasteiger partial charge in [-0.2, -0.15) is 0 Å². The molecule has 0 fully saturated rings. The molecule has 0 unspecified atom stereocenters. The van der Waals surface area contributed by atoms with Gasteiger partial charge in [-0.3, -0.25) is 15.0 Å². The third kappa shape index (κ3) is 2.78. The molecule has 1 aromatic carbocycles. The summed E-state index contributed by atoms with van der Waals surface area (Å²) in [4.78, 5) is 17.2. The number of nitro groups is 1. The predicted octanol–water partition coefficient (Wildman–Crippen LogP) is 3.11. The lowest BCUT2D eigenvalue weighted by atomic mass is 9.97. The summed E-state index contributed by atoms with van der Waals surface area (Å²) in [5.41, 5.74) is 3.41. The predicted molar refractivity (Wildman–Crippen MR) is 85.3 cm³/mol. The smallest absolute Gasteiger partial charge is 0.311 e. The molecule has 2 heterocycles. The Kier molecular flexibility index (Phi) is 4.02. The number of hydrogen-bond donors (Lipinski definition) is 1. The molecule has 114 valence electrons. The molecule has 0 aliphatic carbocycles. The highest BCUT2D eigenvalue weighted by atomic mass is 16.6. The second kappa shape index (κ2) is 6.11. The van der Waals surface area contributed by atoms with E-state index in [1.54, 1.807) is 12.3 Å². The van der Waals surface area contributed by atoms with Crippen molar-refractivity contribution in [3.05, 3.63) is 57.8 Å². The van der Waals surface area contributed by atoms with Crippen molar-refractivity contribution in [2.45, 2.75) is 19.9 Å². The summed E-state index contributed by atoms with van der Waals surface area (Å²) in [7, 11) is 0. The number of rotatable bonds is 4. The fourth-order valence-corrected chi connectivity index (χ4v) is 2.82.